The van der Waals surface area contributed by atoms with Gasteiger partial charge in [-0.3, -0.25) is 13.9 Å². The molecule has 0 N–H and O–H groups in total. The largest absolute Gasteiger partial charge is 0.337 e. The van der Waals surface area contributed by atoms with E-state index in [1.54, 1.807) is 16.2 Å². The van der Waals surface area contributed by atoms with Crippen LogP contribution in [0.15, 0.2) is 29.1 Å². The van der Waals surface area contributed by atoms with Gasteiger partial charge >= 0.3 is 5.69 Å². The third-order valence-electron chi connectivity index (χ3n) is 5.71. The fourth-order valence-corrected chi connectivity index (χ4v) is 4.36. The summed E-state index contributed by atoms with van der Waals surface area (Å²) >= 11 is 0. The lowest BCUT2D eigenvalue weighted by molar-refractivity contribution is -0.132. The van der Waals surface area contributed by atoms with Crippen LogP contribution in [0, 0.1) is 0 Å². The van der Waals surface area contributed by atoms with E-state index in [0.29, 0.717) is 6.04 Å². The molecule has 6 heteroatoms. The van der Waals surface area contributed by atoms with E-state index in [9.17, 15) is 9.59 Å². The van der Waals surface area contributed by atoms with Crippen molar-refractivity contribution in [2.75, 3.05) is 26.2 Å². The van der Waals surface area contributed by atoms with Crippen LogP contribution in [0.1, 0.15) is 25.7 Å². The molecule has 0 unspecified atom stereocenters. The molecule has 0 bridgehead atoms. The molecule has 4 rings (SSSR count). The molecule has 0 spiro atoms. The number of amides is 1. The number of hydrogen-bond acceptors (Lipinski definition) is 3. The van der Waals surface area contributed by atoms with E-state index in [-0.39, 0.29) is 18.1 Å². The Morgan fingerprint density at radius 3 is 2.56 bits per heavy atom. The Labute approximate surface area is 147 Å². The minimum Gasteiger partial charge on any atom is -0.337 e. The van der Waals surface area contributed by atoms with Crippen LogP contribution in [0.3, 0.4) is 0 Å². The van der Waals surface area contributed by atoms with Crippen LogP contribution in [0.2, 0.25) is 0 Å². The fourth-order valence-electron chi connectivity index (χ4n) is 4.36. The first-order chi connectivity index (χ1) is 12.1. The van der Waals surface area contributed by atoms with Gasteiger partial charge in [0.05, 0.1) is 11.0 Å². The average Bonchev–Trinajstić information content (AvgIpc) is 3.34. The van der Waals surface area contributed by atoms with Gasteiger partial charge in [0.25, 0.3) is 0 Å². The predicted octanol–water partition coefficient (Wildman–Crippen LogP) is 1.43. The Balaban J connectivity index is 1.53. The molecule has 1 aromatic heterocycles. The molecule has 2 aliphatic heterocycles. The number of rotatable bonds is 4. The van der Waals surface area contributed by atoms with Crippen molar-refractivity contribution in [2.45, 2.75) is 38.3 Å². The highest BCUT2D eigenvalue weighted by Crippen LogP contribution is 2.21. The second-order valence-electron chi connectivity index (χ2n) is 7.31. The van der Waals surface area contributed by atoms with Crippen molar-refractivity contribution >= 4 is 16.9 Å². The molecule has 3 heterocycles. The van der Waals surface area contributed by atoms with Crippen molar-refractivity contribution < 1.29 is 4.79 Å². The third kappa shape index (κ3) is 2.99. The first-order valence-electron chi connectivity index (χ1n) is 9.31. The fraction of sp³-hybridized carbons (Fsp3) is 0.579. The molecule has 2 fully saturated rings. The van der Waals surface area contributed by atoms with Crippen molar-refractivity contribution in [3.05, 3.63) is 34.7 Å². The summed E-state index contributed by atoms with van der Waals surface area (Å²) in [6, 6.07) is 7.96. The number of benzene rings is 1. The number of imidazole rings is 1. The van der Waals surface area contributed by atoms with Crippen LogP contribution >= 0.6 is 0 Å². The second kappa shape index (κ2) is 6.67. The number of aryl methyl sites for hydroxylation is 1. The molecule has 0 aliphatic carbocycles. The monoisotopic (exact) mass is 342 g/mol. The SMILES string of the molecule is Cn1c(=O)n(CC(=O)N2CCC[C@@H]2CN2CCCC2)c2ccccc21. The Morgan fingerprint density at radius 1 is 1.08 bits per heavy atom. The van der Waals surface area contributed by atoms with Gasteiger partial charge in [0.1, 0.15) is 6.54 Å². The topological polar surface area (TPSA) is 50.5 Å². The van der Waals surface area contributed by atoms with E-state index in [4.69, 9.17) is 0 Å². The molecule has 2 aliphatic rings. The third-order valence-corrected chi connectivity index (χ3v) is 5.71. The molecule has 1 aromatic carbocycles. The van der Waals surface area contributed by atoms with Crippen molar-refractivity contribution in [1.82, 2.24) is 18.9 Å². The Bertz CT molecular complexity index is 832. The summed E-state index contributed by atoms with van der Waals surface area (Å²) in [6.45, 7) is 4.24. The van der Waals surface area contributed by atoms with Gasteiger partial charge in [0.15, 0.2) is 0 Å². The molecule has 2 saturated heterocycles. The summed E-state index contributed by atoms with van der Waals surface area (Å²) in [5.74, 6) is 0.0696. The number of hydrogen-bond donors (Lipinski definition) is 0. The number of aromatic nitrogens is 2. The summed E-state index contributed by atoms with van der Waals surface area (Å²) < 4.78 is 3.23. The minimum atomic E-state index is -0.121. The predicted molar refractivity (Wildman–Crippen MR) is 97.6 cm³/mol. The maximum Gasteiger partial charge on any atom is 0.329 e. The maximum atomic E-state index is 12.9. The molecule has 1 atom stereocenters. The smallest absolute Gasteiger partial charge is 0.329 e. The number of likely N-dealkylation sites (tertiary alicyclic amines) is 2. The molecule has 25 heavy (non-hydrogen) atoms. The Hall–Kier alpha value is -2.08. The molecule has 2 aromatic rings. The molecule has 134 valence electrons. The molecular formula is C19H26N4O2. The van der Waals surface area contributed by atoms with E-state index < -0.39 is 0 Å². The van der Waals surface area contributed by atoms with Crippen molar-refractivity contribution in [2.24, 2.45) is 7.05 Å². The van der Waals surface area contributed by atoms with Crippen LogP contribution in [0.5, 0.6) is 0 Å². The number of para-hydroxylation sites is 2. The molecular weight excluding hydrogens is 316 g/mol. The molecule has 0 saturated carbocycles. The number of fused-ring (bicyclic) bond motifs is 1. The normalized spacial score (nSPS) is 21.5. The van der Waals surface area contributed by atoms with E-state index >= 15 is 0 Å². The standard InChI is InChI=1S/C19H26N4O2/c1-20-16-8-2-3-9-17(16)23(19(20)25)14-18(24)22-12-6-7-15(22)13-21-10-4-5-11-21/h2-3,8-9,15H,4-7,10-14H2,1H3/t15-/m1/s1. The quantitative estimate of drug-likeness (QED) is 0.845. The molecule has 1 amide bonds. The van der Waals surface area contributed by atoms with Crippen LogP contribution in [-0.2, 0) is 18.4 Å². The number of carbonyl (C=O) groups is 1. The highest BCUT2D eigenvalue weighted by Gasteiger charge is 2.31. The maximum absolute atomic E-state index is 12.9. The van der Waals surface area contributed by atoms with E-state index in [2.05, 4.69) is 4.90 Å². The Morgan fingerprint density at radius 2 is 1.80 bits per heavy atom. The summed E-state index contributed by atoms with van der Waals surface area (Å²) in [5.41, 5.74) is 1.58. The van der Waals surface area contributed by atoms with Crippen molar-refractivity contribution in [3.8, 4) is 0 Å². The lowest BCUT2D eigenvalue weighted by Crippen LogP contribution is -2.44. The number of nitrogens with zero attached hydrogens (tertiary/aromatic N) is 4. The van der Waals surface area contributed by atoms with Gasteiger partial charge < -0.3 is 9.80 Å². The van der Waals surface area contributed by atoms with Gasteiger partial charge in [-0.05, 0) is 50.9 Å². The average molecular weight is 342 g/mol. The van der Waals surface area contributed by atoms with Crippen LogP contribution < -0.4 is 5.69 Å². The van der Waals surface area contributed by atoms with E-state index in [0.717, 1.165) is 50.1 Å². The first kappa shape index (κ1) is 16.4. The van der Waals surface area contributed by atoms with Crippen molar-refractivity contribution in [1.29, 1.82) is 0 Å². The molecule has 6 nitrogen and oxygen atoms in total. The highest BCUT2D eigenvalue weighted by molar-refractivity contribution is 5.81. The molecule has 0 radical (unpaired) electrons. The van der Waals surface area contributed by atoms with Gasteiger partial charge in [-0.2, -0.15) is 0 Å². The van der Waals surface area contributed by atoms with E-state index in [1.165, 1.54) is 12.8 Å². The van der Waals surface area contributed by atoms with Gasteiger partial charge in [0, 0.05) is 26.2 Å². The summed E-state index contributed by atoms with van der Waals surface area (Å²) in [7, 11) is 1.76. The van der Waals surface area contributed by atoms with E-state index in [1.807, 2.05) is 29.2 Å². The summed E-state index contributed by atoms with van der Waals surface area (Å²) in [6.07, 6.45) is 4.68. The van der Waals surface area contributed by atoms with Crippen LogP contribution in [0.25, 0.3) is 11.0 Å². The van der Waals surface area contributed by atoms with Crippen LogP contribution in [0.4, 0.5) is 0 Å². The summed E-state index contributed by atoms with van der Waals surface area (Å²) in [4.78, 5) is 30.0. The lowest BCUT2D eigenvalue weighted by Gasteiger charge is -2.28. The lowest BCUT2D eigenvalue weighted by atomic mass is 10.2. The summed E-state index contributed by atoms with van der Waals surface area (Å²) in [5, 5.41) is 0. The van der Waals surface area contributed by atoms with Gasteiger partial charge in [-0.15, -0.1) is 0 Å². The zero-order valence-corrected chi connectivity index (χ0v) is 14.9. The van der Waals surface area contributed by atoms with Gasteiger partial charge in [0.2, 0.25) is 5.91 Å². The minimum absolute atomic E-state index is 0.0696. The zero-order valence-electron chi connectivity index (χ0n) is 14.9. The van der Waals surface area contributed by atoms with Crippen LogP contribution in [-0.4, -0.2) is 57.1 Å². The highest BCUT2D eigenvalue weighted by atomic mass is 16.2. The Kier molecular flexibility index (Phi) is 4.37. The number of carbonyl (C=O) groups excluding carboxylic acids is 1. The van der Waals surface area contributed by atoms with Crippen molar-refractivity contribution in [3.63, 3.8) is 0 Å². The zero-order chi connectivity index (χ0) is 17.4. The van der Waals surface area contributed by atoms with Gasteiger partial charge in [-0.25, -0.2) is 4.79 Å². The second-order valence-corrected chi connectivity index (χ2v) is 7.31. The van der Waals surface area contributed by atoms with Gasteiger partial charge in [-0.1, -0.05) is 12.1 Å². The first-order valence-corrected chi connectivity index (χ1v) is 9.31.